The highest BCUT2D eigenvalue weighted by Gasteiger charge is 2.32. The Kier molecular flexibility index (Phi) is 6.70. The third-order valence-corrected chi connectivity index (χ3v) is 4.35. The summed E-state index contributed by atoms with van der Waals surface area (Å²) in [4.78, 5) is 0. The molecular formula is C8H16ClO3P. The summed E-state index contributed by atoms with van der Waals surface area (Å²) in [5.41, 5.74) is 0. The van der Waals surface area contributed by atoms with E-state index in [9.17, 15) is 4.57 Å². The van der Waals surface area contributed by atoms with Crippen LogP contribution >= 0.6 is 19.2 Å². The van der Waals surface area contributed by atoms with E-state index in [1.807, 2.05) is 0 Å². The molecule has 0 aromatic heterocycles. The average Bonchev–Trinajstić information content (AvgIpc) is 2.05. The number of halogens is 1. The van der Waals surface area contributed by atoms with Crippen molar-refractivity contribution in [1.82, 2.24) is 0 Å². The van der Waals surface area contributed by atoms with Gasteiger partial charge in [0.25, 0.3) is 0 Å². The van der Waals surface area contributed by atoms with Crippen molar-refractivity contribution in [2.24, 2.45) is 0 Å². The maximum Gasteiger partial charge on any atom is 0.348 e. The van der Waals surface area contributed by atoms with Crippen molar-refractivity contribution < 1.29 is 13.6 Å². The van der Waals surface area contributed by atoms with Gasteiger partial charge >= 0.3 is 7.60 Å². The molecule has 13 heavy (non-hydrogen) atoms. The van der Waals surface area contributed by atoms with Crippen LogP contribution in [0.25, 0.3) is 0 Å². The van der Waals surface area contributed by atoms with Gasteiger partial charge in [0, 0.05) is 0 Å². The zero-order chi connectivity index (χ0) is 10.3. The van der Waals surface area contributed by atoms with Crippen molar-refractivity contribution in [3.63, 3.8) is 0 Å². The van der Waals surface area contributed by atoms with Crippen LogP contribution in [-0.4, -0.2) is 18.3 Å². The molecule has 5 heteroatoms. The van der Waals surface area contributed by atoms with Crippen molar-refractivity contribution in [3.8, 4) is 0 Å². The van der Waals surface area contributed by atoms with Crippen molar-refractivity contribution in [2.45, 2.75) is 25.4 Å². The molecule has 1 unspecified atom stereocenters. The standard InChI is InChI=1S/C8H16ClO3P/c1-4-7-8(9)13(10,11-5-2)12-6-3/h4,8H,1,5-7H2,2-3H3. The Bertz CT molecular complexity index is 186. The number of hydrogen-bond acceptors (Lipinski definition) is 3. The summed E-state index contributed by atoms with van der Waals surface area (Å²) in [5, 5.41) is -0.634. The summed E-state index contributed by atoms with van der Waals surface area (Å²) < 4.78 is 22.0. The van der Waals surface area contributed by atoms with Crippen LogP contribution in [0.1, 0.15) is 20.3 Å². The van der Waals surface area contributed by atoms with Crippen LogP contribution in [0.4, 0.5) is 0 Å². The molecule has 1 atom stereocenters. The maximum absolute atomic E-state index is 11.9. The summed E-state index contributed by atoms with van der Waals surface area (Å²) in [6.45, 7) is 7.69. The second-order valence-electron chi connectivity index (χ2n) is 2.33. The monoisotopic (exact) mass is 226 g/mol. The lowest BCUT2D eigenvalue weighted by Crippen LogP contribution is -2.06. The largest absolute Gasteiger partial charge is 0.348 e. The van der Waals surface area contributed by atoms with Crippen molar-refractivity contribution in [1.29, 1.82) is 0 Å². The summed E-state index contributed by atoms with van der Waals surface area (Å²) in [6.07, 6.45) is 2.02. The van der Waals surface area contributed by atoms with Crippen LogP contribution in [0.2, 0.25) is 0 Å². The first-order valence-corrected chi connectivity index (χ1v) is 6.29. The molecule has 0 fully saturated rings. The van der Waals surface area contributed by atoms with E-state index < -0.39 is 12.7 Å². The van der Waals surface area contributed by atoms with Gasteiger partial charge in [-0.25, -0.2) is 0 Å². The highest BCUT2D eigenvalue weighted by molar-refractivity contribution is 7.56. The fraction of sp³-hybridized carbons (Fsp3) is 0.750. The fourth-order valence-electron chi connectivity index (χ4n) is 0.826. The van der Waals surface area contributed by atoms with E-state index in [0.29, 0.717) is 19.6 Å². The van der Waals surface area contributed by atoms with Crippen LogP contribution in [0.5, 0.6) is 0 Å². The van der Waals surface area contributed by atoms with Crippen molar-refractivity contribution in [3.05, 3.63) is 12.7 Å². The number of allylic oxidation sites excluding steroid dienone is 1. The van der Waals surface area contributed by atoms with Crippen molar-refractivity contribution >= 4 is 19.2 Å². The third kappa shape index (κ3) is 4.28. The SMILES string of the molecule is C=CCC(Cl)P(=O)(OCC)OCC. The number of alkyl halides is 1. The van der Waals surface area contributed by atoms with Gasteiger partial charge in [-0.2, -0.15) is 0 Å². The minimum atomic E-state index is -3.13. The van der Waals surface area contributed by atoms with Gasteiger partial charge in [0.1, 0.15) is 5.12 Å². The van der Waals surface area contributed by atoms with E-state index in [2.05, 4.69) is 6.58 Å². The predicted molar refractivity (Wildman–Crippen MR) is 55.3 cm³/mol. The molecule has 0 aliphatic carbocycles. The third-order valence-electron chi connectivity index (χ3n) is 1.32. The Morgan fingerprint density at radius 2 is 1.92 bits per heavy atom. The van der Waals surface area contributed by atoms with Crippen LogP contribution < -0.4 is 0 Å². The van der Waals surface area contributed by atoms with Crippen LogP contribution in [0, 0.1) is 0 Å². The molecular weight excluding hydrogens is 211 g/mol. The normalized spacial score (nSPS) is 14.1. The Morgan fingerprint density at radius 1 is 1.46 bits per heavy atom. The Hall–Kier alpha value is 0.180. The van der Waals surface area contributed by atoms with Crippen LogP contribution in [-0.2, 0) is 13.6 Å². The van der Waals surface area contributed by atoms with Gasteiger partial charge in [0.15, 0.2) is 0 Å². The van der Waals surface area contributed by atoms with E-state index in [0.717, 1.165) is 0 Å². The minimum Gasteiger partial charge on any atom is -0.308 e. The van der Waals surface area contributed by atoms with Gasteiger partial charge in [0.2, 0.25) is 0 Å². The quantitative estimate of drug-likeness (QED) is 0.379. The maximum atomic E-state index is 11.9. The average molecular weight is 227 g/mol. The topological polar surface area (TPSA) is 35.5 Å². The summed E-state index contributed by atoms with van der Waals surface area (Å²) in [7, 11) is -3.13. The molecule has 0 spiro atoms. The summed E-state index contributed by atoms with van der Waals surface area (Å²) in [5.74, 6) is 0. The molecule has 0 aliphatic heterocycles. The molecule has 0 aromatic rings. The summed E-state index contributed by atoms with van der Waals surface area (Å²) in [6, 6.07) is 0. The van der Waals surface area contributed by atoms with Gasteiger partial charge in [0.05, 0.1) is 13.2 Å². The Labute approximate surface area is 84.6 Å². The van der Waals surface area contributed by atoms with E-state index in [1.165, 1.54) is 0 Å². The molecule has 0 radical (unpaired) electrons. The molecule has 0 rings (SSSR count). The van der Waals surface area contributed by atoms with E-state index >= 15 is 0 Å². The molecule has 78 valence electrons. The molecule has 0 bridgehead atoms. The molecule has 0 aromatic carbocycles. The number of hydrogen-bond donors (Lipinski definition) is 0. The van der Waals surface area contributed by atoms with Crippen LogP contribution in [0.3, 0.4) is 0 Å². The van der Waals surface area contributed by atoms with Gasteiger partial charge in [-0.15, -0.1) is 18.2 Å². The Balaban J connectivity index is 4.36. The molecule has 0 amide bonds. The zero-order valence-corrected chi connectivity index (χ0v) is 9.68. The second kappa shape index (κ2) is 6.61. The lowest BCUT2D eigenvalue weighted by Gasteiger charge is -2.20. The van der Waals surface area contributed by atoms with E-state index in [-0.39, 0.29) is 0 Å². The fourth-order valence-corrected chi connectivity index (χ4v) is 2.81. The molecule has 0 saturated heterocycles. The first kappa shape index (κ1) is 13.2. The van der Waals surface area contributed by atoms with Crippen LogP contribution in [0.15, 0.2) is 12.7 Å². The molecule has 0 aliphatic rings. The zero-order valence-electron chi connectivity index (χ0n) is 8.03. The predicted octanol–water partition coefficient (Wildman–Crippen LogP) is 3.39. The van der Waals surface area contributed by atoms with E-state index in [1.54, 1.807) is 19.9 Å². The van der Waals surface area contributed by atoms with Gasteiger partial charge < -0.3 is 9.05 Å². The first-order valence-electron chi connectivity index (χ1n) is 4.24. The highest BCUT2D eigenvalue weighted by atomic mass is 35.5. The second-order valence-corrected chi connectivity index (χ2v) is 5.38. The van der Waals surface area contributed by atoms with Gasteiger partial charge in [-0.1, -0.05) is 6.08 Å². The Morgan fingerprint density at radius 3 is 2.23 bits per heavy atom. The lowest BCUT2D eigenvalue weighted by molar-refractivity contribution is 0.218. The first-order chi connectivity index (χ1) is 6.10. The minimum absolute atomic E-state index is 0.331. The van der Waals surface area contributed by atoms with E-state index in [4.69, 9.17) is 20.6 Å². The molecule has 0 N–H and O–H groups in total. The lowest BCUT2D eigenvalue weighted by atomic mass is 10.5. The molecule has 3 nitrogen and oxygen atoms in total. The number of rotatable bonds is 7. The van der Waals surface area contributed by atoms with Crippen molar-refractivity contribution in [2.75, 3.05) is 13.2 Å². The molecule has 0 saturated carbocycles. The summed E-state index contributed by atoms with van der Waals surface area (Å²) >= 11 is 5.86. The smallest absolute Gasteiger partial charge is 0.308 e. The van der Waals surface area contributed by atoms with Gasteiger partial charge in [-0.05, 0) is 20.3 Å². The highest BCUT2D eigenvalue weighted by Crippen LogP contribution is 2.55. The molecule has 0 heterocycles. The van der Waals surface area contributed by atoms with Gasteiger partial charge in [-0.3, -0.25) is 4.57 Å².